The SMILES string of the molecule is O=C(CN(c1ccc(Br)cc1)S(=O)(=O)c1ccccc1)NCc1ccc(Cl)cc1. The molecule has 0 aliphatic rings. The van der Waals surface area contributed by atoms with Crippen molar-refractivity contribution in [2.45, 2.75) is 11.4 Å². The summed E-state index contributed by atoms with van der Waals surface area (Å²) in [5.41, 5.74) is 1.27. The number of carbonyl (C=O) groups excluding carboxylic acids is 1. The minimum atomic E-state index is -3.91. The molecule has 29 heavy (non-hydrogen) atoms. The molecule has 150 valence electrons. The first-order chi connectivity index (χ1) is 13.9. The summed E-state index contributed by atoms with van der Waals surface area (Å²) in [5.74, 6) is -0.414. The van der Waals surface area contributed by atoms with Crippen LogP contribution in [0.3, 0.4) is 0 Å². The van der Waals surface area contributed by atoms with Crippen molar-refractivity contribution >= 4 is 49.1 Å². The number of rotatable bonds is 7. The van der Waals surface area contributed by atoms with Crippen molar-refractivity contribution in [1.82, 2.24) is 5.32 Å². The molecule has 1 N–H and O–H groups in total. The zero-order valence-electron chi connectivity index (χ0n) is 15.3. The van der Waals surface area contributed by atoms with Crippen molar-refractivity contribution in [3.63, 3.8) is 0 Å². The molecular formula is C21H18BrClN2O3S. The summed E-state index contributed by atoms with van der Waals surface area (Å²) in [4.78, 5) is 12.7. The molecule has 0 spiro atoms. The van der Waals surface area contributed by atoms with Crippen LogP contribution in [0.15, 0.2) is 88.2 Å². The third kappa shape index (κ3) is 5.59. The Morgan fingerprint density at radius 3 is 2.17 bits per heavy atom. The van der Waals surface area contributed by atoms with Gasteiger partial charge in [0.2, 0.25) is 5.91 Å². The largest absolute Gasteiger partial charge is 0.350 e. The molecule has 0 aliphatic heterocycles. The number of nitrogens with zero attached hydrogens (tertiary/aromatic N) is 1. The molecule has 0 saturated heterocycles. The van der Waals surface area contributed by atoms with Crippen LogP contribution < -0.4 is 9.62 Å². The summed E-state index contributed by atoms with van der Waals surface area (Å²) in [6, 6.07) is 21.9. The van der Waals surface area contributed by atoms with Crippen molar-refractivity contribution in [1.29, 1.82) is 0 Å². The van der Waals surface area contributed by atoms with Crippen LogP contribution >= 0.6 is 27.5 Å². The Balaban J connectivity index is 1.82. The molecule has 5 nitrogen and oxygen atoms in total. The van der Waals surface area contributed by atoms with Gasteiger partial charge in [-0.05, 0) is 54.1 Å². The summed E-state index contributed by atoms with van der Waals surface area (Å²) < 4.78 is 28.3. The zero-order valence-corrected chi connectivity index (χ0v) is 18.4. The summed E-state index contributed by atoms with van der Waals surface area (Å²) in [7, 11) is -3.91. The molecule has 8 heteroatoms. The van der Waals surface area contributed by atoms with E-state index >= 15 is 0 Å². The highest BCUT2D eigenvalue weighted by atomic mass is 79.9. The highest BCUT2D eigenvalue weighted by Crippen LogP contribution is 2.25. The smallest absolute Gasteiger partial charge is 0.264 e. The molecular weight excluding hydrogens is 476 g/mol. The van der Waals surface area contributed by atoms with Crippen molar-refractivity contribution in [3.05, 3.63) is 93.9 Å². The van der Waals surface area contributed by atoms with Crippen molar-refractivity contribution < 1.29 is 13.2 Å². The van der Waals surface area contributed by atoms with E-state index in [2.05, 4.69) is 21.2 Å². The molecule has 0 atom stereocenters. The van der Waals surface area contributed by atoms with Crippen LogP contribution in [0, 0.1) is 0 Å². The van der Waals surface area contributed by atoms with E-state index in [-0.39, 0.29) is 18.0 Å². The summed E-state index contributed by atoms with van der Waals surface area (Å²) in [5, 5.41) is 3.36. The quantitative estimate of drug-likeness (QED) is 0.522. The molecule has 0 aromatic heterocycles. The van der Waals surface area contributed by atoms with E-state index in [9.17, 15) is 13.2 Å². The first kappa shape index (κ1) is 21.4. The first-order valence-corrected chi connectivity index (χ1v) is 11.3. The number of hydrogen-bond acceptors (Lipinski definition) is 3. The summed E-state index contributed by atoms with van der Waals surface area (Å²) in [6.07, 6.45) is 0. The zero-order chi connectivity index (χ0) is 20.9. The van der Waals surface area contributed by atoms with Crippen LogP contribution in [0.5, 0.6) is 0 Å². The van der Waals surface area contributed by atoms with E-state index in [1.54, 1.807) is 66.7 Å². The molecule has 1 amide bonds. The maximum absolute atomic E-state index is 13.2. The molecule has 3 aromatic rings. The lowest BCUT2D eigenvalue weighted by atomic mass is 10.2. The fraction of sp³-hybridized carbons (Fsp3) is 0.0952. The standard InChI is InChI=1S/C21H18BrClN2O3S/c22-17-8-12-19(13-9-17)25(29(27,28)20-4-2-1-3-5-20)15-21(26)24-14-16-6-10-18(23)11-7-16/h1-13H,14-15H2,(H,24,26). The van der Waals surface area contributed by atoms with Gasteiger partial charge >= 0.3 is 0 Å². The molecule has 0 unspecified atom stereocenters. The molecule has 3 aromatic carbocycles. The number of nitrogens with one attached hydrogen (secondary N) is 1. The summed E-state index contributed by atoms with van der Waals surface area (Å²) >= 11 is 9.21. The predicted octanol–water partition coefficient (Wildman–Crippen LogP) is 4.61. The van der Waals surface area contributed by atoms with Crippen molar-refractivity contribution in [3.8, 4) is 0 Å². The monoisotopic (exact) mass is 492 g/mol. The van der Waals surface area contributed by atoms with Gasteiger partial charge in [0.25, 0.3) is 10.0 Å². The third-order valence-electron chi connectivity index (χ3n) is 4.14. The fourth-order valence-electron chi connectivity index (χ4n) is 2.63. The van der Waals surface area contributed by atoms with Gasteiger partial charge < -0.3 is 5.32 Å². The van der Waals surface area contributed by atoms with E-state index in [0.717, 1.165) is 14.3 Å². The van der Waals surface area contributed by atoms with Crippen LogP contribution in [0.2, 0.25) is 5.02 Å². The van der Waals surface area contributed by atoms with Crippen LogP contribution in [-0.4, -0.2) is 20.9 Å². The Labute approximate surface area is 183 Å². The van der Waals surface area contributed by atoms with E-state index in [4.69, 9.17) is 11.6 Å². The van der Waals surface area contributed by atoms with Gasteiger partial charge in [-0.1, -0.05) is 57.9 Å². The normalized spacial score (nSPS) is 11.1. The topological polar surface area (TPSA) is 66.5 Å². The maximum atomic E-state index is 13.2. The fourth-order valence-corrected chi connectivity index (χ4v) is 4.46. The second-order valence-electron chi connectivity index (χ2n) is 6.20. The van der Waals surface area contributed by atoms with Gasteiger partial charge in [-0.2, -0.15) is 0 Å². The van der Waals surface area contributed by atoms with Crippen molar-refractivity contribution in [2.24, 2.45) is 0 Å². The van der Waals surface area contributed by atoms with Crippen LogP contribution in [0.25, 0.3) is 0 Å². The van der Waals surface area contributed by atoms with E-state index in [1.165, 1.54) is 12.1 Å². The lowest BCUT2D eigenvalue weighted by Gasteiger charge is -2.24. The maximum Gasteiger partial charge on any atom is 0.264 e. The first-order valence-electron chi connectivity index (χ1n) is 8.71. The average Bonchev–Trinajstić information content (AvgIpc) is 2.73. The van der Waals surface area contributed by atoms with Gasteiger partial charge in [-0.3, -0.25) is 9.10 Å². The van der Waals surface area contributed by atoms with E-state index in [0.29, 0.717) is 10.7 Å². The van der Waals surface area contributed by atoms with Crippen molar-refractivity contribution in [2.75, 3.05) is 10.8 Å². The van der Waals surface area contributed by atoms with E-state index in [1.807, 2.05) is 0 Å². The van der Waals surface area contributed by atoms with Gasteiger partial charge in [0.15, 0.2) is 0 Å². The van der Waals surface area contributed by atoms with Crippen LogP contribution in [0.1, 0.15) is 5.56 Å². The number of hydrogen-bond donors (Lipinski definition) is 1. The lowest BCUT2D eigenvalue weighted by Crippen LogP contribution is -2.40. The number of halogens is 2. The van der Waals surface area contributed by atoms with Crippen LogP contribution in [-0.2, 0) is 21.4 Å². The Morgan fingerprint density at radius 2 is 1.55 bits per heavy atom. The van der Waals surface area contributed by atoms with Gasteiger partial charge in [0, 0.05) is 16.0 Å². The lowest BCUT2D eigenvalue weighted by molar-refractivity contribution is -0.119. The molecule has 0 fully saturated rings. The number of anilines is 1. The van der Waals surface area contributed by atoms with Gasteiger partial charge in [0.05, 0.1) is 10.6 Å². The number of amides is 1. The number of sulfonamides is 1. The minimum absolute atomic E-state index is 0.119. The Kier molecular flexibility index (Phi) is 6.95. The van der Waals surface area contributed by atoms with Gasteiger partial charge in [0.1, 0.15) is 6.54 Å². The Hall–Kier alpha value is -2.35. The Morgan fingerprint density at radius 1 is 0.931 bits per heavy atom. The molecule has 0 bridgehead atoms. The molecule has 3 rings (SSSR count). The highest BCUT2D eigenvalue weighted by molar-refractivity contribution is 9.10. The molecule has 0 saturated carbocycles. The highest BCUT2D eigenvalue weighted by Gasteiger charge is 2.27. The second kappa shape index (κ2) is 9.43. The predicted molar refractivity (Wildman–Crippen MR) is 118 cm³/mol. The van der Waals surface area contributed by atoms with Gasteiger partial charge in [-0.15, -0.1) is 0 Å². The molecule has 0 radical (unpaired) electrons. The molecule has 0 heterocycles. The van der Waals surface area contributed by atoms with E-state index < -0.39 is 15.9 Å². The second-order valence-corrected chi connectivity index (χ2v) is 9.42. The minimum Gasteiger partial charge on any atom is -0.350 e. The van der Waals surface area contributed by atoms with Gasteiger partial charge in [-0.25, -0.2) is 8.42 Å². The van der Waals surface area contributed by atoms with Crippen LogP contribution in [0.4, 0.5) is 5.69 Å². The average molecular weight is 494 g/mol. The number of carbonyl (C=O) groups is 1. The number of benzene rings is 3. The Bertz CT molecular complexity index is 1070. The molecule has 0 aliphatic carbocycles. The summed E-state index contributed by atoms with van der Waals surface area (Å²) in [6.45, 7) is -0.0674. The third-order valence-corrected chi connectivity index (χ3v) is 6.70.